The largest absolute Gasteiger partial charge is 0.467 e. The van der Waals surface area contributed by atoms with Crippen LogP contribution in [0.5, 0.6) is 5.75 Å². The lowest BCUT2D eigenvalue weighted by atomic mass is 9.73. The summed E-state index contributed by atoms with van der Waals surface area (Å²) in [4.78, 5) is 0.956. The maximum atomic E-state index is 15.0. The van der Waals surface area contributed by atoms with Gasteiger partial charge in [-0.1, -0.05) is 44.0 Å². The zero-order valence-corrected chi connectivity index (χ0v) is 20.4. The molecular weight excluding hydrogens is 463 g/mol. The summed E-state index contributed by atoms with van der Waals surface area (Å²) in [5, 5.41) is 1.11. The average Bonchev–Trinajstić information content (AvgIpc) is 3.03. The van der Waals surface area contributed by atoms with Gasteiger partial charge in [-0.15, -0.1) is 17.9 Å². The van der Waals surface area contributed by atoms with Gasteiger partial charge in [0.2, 0.25) is 0 Å². The molecule has 3 rings (SSSR count). The van der Waals surface area contributed by atoms with E-state index in [1.54, 1.807) is 30.6 Å². The Morgan fingerprint density at radius 2 is 2.00 bits per heavy atom. The van der Waals surface area contributed by atoms with Gasteiger partial charge in [-0.25, -0.2) is 4.39 Å². The van der Waals surface area contributed by atoms with E-state index >= 15 is 0 Å². The van der Waals surface area contributed by atoms with Gasteiger partial charge in [0.15, 0.2) is 6.79 Å². The smallest absolute Gasteiger partial charge is 0.188 e. The van der Waals surface area contributed by atoms with E-state index in [0.29, 0.717) is 5.75 Å². The molecule has 0 aliphatic heterocycles. The van der Waals surface area contributed by atoms with Gasteiger partial charge in [0.25, 0.3) is 0 Å². The van der Waals surface area contributed by atoms with E-state index in [0.717, 1.165) is 55.4 Å². The number of hydrogen-bond acceptors (Lipinski definition) is 3. The van der Waals surface area contributed by atoms with Crippen molar-refractivity contribution < 1.29 is 13.9 Å². The third-order valence-electron chi connectivity index (χ3n) is 5.30. The van der Waals surface area contributed by atoms with Gasteiger partial charge in [0.05, 0.1) is 4.88 Å². The highest BCUT2D eigenvalue weighted by atomic mass is 79.9. The molecule has 1 unspecified atom stereocenters. The number of methoxy groups -OCH3 is 1. The van der Waals surface area contributed by atoms with Crippen LogP contribution in [0.15, 0.2) is 53.0 Å². The molecule has 0 aliphatic carbocycles. The molecule has 0 N–H and O–H groups in total. The normalized spacial score (nSPS) is 13.4. The lowest BCUT2D eigenvalue weighted by Gasteiger charge is -2.33. The summed E-state index contributed by atoms with van der Waals surface area (Å²) < 4.78 is 28.4. The number of hydrogen-bond donors (Lipinski definition) is 0. The summed E-state index contributed by atoms with van der Waals surface area (Å²) in [7, 11) is 1.59. The lowest BCUT2D eigenvalue weighted by Crippen LogP contribution is -2.24. The molecule has 0 spiro atoms. The van der Waals surface area contributed by atoms with E-state index < -0.39 is 0 Å². The van der Waals surface area contributed by atoms with Crippen LogP contribution in [0.1, 0.15) is 45.6 Å². The molecule has 0 aliphatic rings. The van der Waals surface area contributed by atoms with Crippen molar-refractivity contribution in [3.8, 4) is 16.2 Å². The third kappa shape index (κ3) is 4.63. The molecule has 0 radical (unpaired) electrons. The zero-order valence-electron chi connectivity index (χ0n) is 18.0. The number of allylic oxidation sites excluding steroid dienone is 1. The summed E-state index contributed by atoms with van der Waals surface area (Å²) in [6.07, 6.45) is 2.65. The van der Waals surface area contributed by atoms with Crippen molar-refractivity contribution in [2.75, 3.05) is 13.9 Å². The fourth-order valence-corrected chi connectivity index (χ4v) is 6.25. The summed E-state index contributed by atoms with van der Waals surface area (Å²) in [6, 6.07) is 11.4. The standard InChI is InChI=1S/C25H28BrFO2S/c1-6-11-25(4,14-16(2)3)20-13-17(27)12-19(23(20)29-15-28-5)24-22(26)18-9-7-8-10-21(18)30-24/h7-10,12-13H,2,6,11,14-15H2,1,3-5H3. The van der Waals surface area contributed by atoms with Crippen molar-refractivity contribution in [3.63, 3.8) is 0 Å². The van der Waals surface area contributed by atoms with Crippen LogP contribution < -0.4 is 4.74 Å². The molecule has 5 heteroatoms. The summed E-state index contributed by atoms with van der Waals surface area (Å²) >= 11 is 5.38. The molecule has 2 aromatic carbocycles. The molecule has 1 aromatic heterocycles. The van der Waals surface area contributed by atoms with Crippen molar-refractivity contribution in [2.24, 2.45) is 0 Å². The quantitative estimate of drug-likeness (QED) is 0.221. The van der Waals surface area contributed by atoms with Crippen molar-refractivity contribution >= 4 is 37.4 Å². The Morgan fingerprint density at radius 1 is 1.27 bits per heavy atom. The van der Waals surface area contributed by atoms with Gasteiger partial charge in [-0.2, -0.15) is 0 Å². The molecule has 0 fully saturated rings. The number of halogens is 2. The maximum absolute atomic E-state index is 15.0. The number of thiophene rings is 1. The molecule has 0 amide bonds. The highest BCUT2D eigenvalue weighted by Gasteiger charge is 2.32. The van der Waals surface area contributed by atoms with Gasteiger partial charge in [0.1, 0.15) is 11.6 Å². The van der Waals surface area contributed by atoms with Gasteiger partial charge >= 0.3 is 0 Å². The summed E-state index contributed by atoms with van der Waals surface area (Å²) in [5.74, 6) is 0.417. The Morgan fingerprint density at radius 3 is 2.63 bits per heavy atom. The fourth-order valence-electron chi connectivity index (χ4n) is 4.21. The van der Waals surface area contributed by atoms with Gasteiger partial charge in [-0.05, 0) is 59.3 Å². The summed E-state index contributed by atoms with van der Waals surface area (Å²) in [6.45, 7) is 10.6. The molecule has 0 bridgehead atoms. The van der Waals surface area contributed by atoms with Crippen LogP contribution >= 0.6 is 27.3 Å². The van der Waals surface area contributed by atoms with Gasteiger partial charge in [0, 0.05) is 32.8 Å². The first-order chi connectivity index (χ1) is 14.3. The van der Waals surface area contributed by atoms with Crippen molar-refractivity contribution in [3.05, 3.63) is 64.4 Å². The predicted octanol–water partition coefficient (Wildman–Crippen LogP) is 8.48. The highest BCUT2D eigenvalue weighted by molar-refractivity contribution is 9.10. The van der Waals surface area contributed by atoms with E-state index in [4.69, 9.17) is 9.47 Å². The van der Waals surface area contributed by atoms with Crippen LogP contribution in [-0.2, 0) is 10.2 Å². The fraction of sp³-hybridized carbons (Fsp3) is 0.360. The first-order valence-electron chi connectivity index (χ1n) is 10.1. The first-order valence-corrected chi connectivity index (χ1v) is 11.7. The number of fused-ring (bicyclic) bond motifs is 1. The van der Waals surface area contributed by atoms with Crippen LogP contribution in [0.3, 0.4) is 0 Å². The summed E-state index contributed by atoms with van der Waals surface area (Å²) in [5.41, 5.74) is 2.39. The molecule has 160 valence electrons. The second-order valence-corrected chi connectivity index (χ2v) is 9.91. The van der Waals surface area contributed by atoms with E-state index in [1.807, 2.05) is 19.1 Å². The molecule has 1 atom stereocenters. The molecule has 0 saturated carbocycles. The monoisotopic (exact) mass is 490 g/mol. The SMILES string of the molecule is C=C(C)CC(C)(CCC)c1cc(F)cc(-c2sc3ccccc3c2Br)c1OCOC. The van der Waals surface area contributed by atoms with E-state index in [-0.39, 0.29) is 18.0 Å². The molecular formula is C25H28BrFO2S. The van der Waals surface area contributed by atoms with Gasteiger partial charge in [-0.3, -0.25) is 0 Å². The molecule has 1 heterocycles. The molecule has 2 nitrogen and oxygen atoms in total. The van der Waals surface area contributed by atoms with E-state index in [9.17, 15) is 4.39 Å². The van der Waals surface area contributed by atoms with Crippen LogP contribution in [0, 0.1) is 5.82 Å². The number of benzene rings is 2. The Hall–Kier alpha value is -1.69. The van der Waals surface area contributed by atoms with Crippen LogP contribution in [-0.4, -0.2) is 13.9 Å². The second kappa shape index (κ2) is 9.63. The predicted molar refractivity (Wildman–Crippen MR) is 129 cm³/mol. The van der Waals surface area contributed by atoms with Gasteiger partial charge < -0.3 is 9.47 Å². The second-order valence-electron chi connectivity index (χ2n) is 8.07. The van der Waals surface area contributed by atoms with Crippen LogP contribution in [0.4, 0.5) is 4.39 Å². The Balaban J connectivity index is 2.29. The van der Waals surface area contributed by atoms with Crippen LogP contribution in [0.2, 0.25) is 0 Å². The maximum Gasteiger partial charge on any atom is 0.188 e. The van der Waals surface area contributed by atoms with Crippen LogP contribution in [0.25, 0.3) is 20.5 Å². The van der Waals surface area contributed by atoms with Crippen molar-refractivity contribution in [1.29, 1.82) is 0 Å². The molecule has 30 heavy (non-hydrogen) atoms. The van der Waals surface area contributed by atoms with E-state index in [1.165, 1.54) is 0 Å². The minimum absolute atomic E-state index is 0.101. The number of rotatable bonds is 9. The minimum atomic E-state index is -0.288. The Labute approximate surface area is 190 Å². The minimum Gasteiger partial charge on any atom is -0.467 e. The Bertz CT molecular complexity index is 1060. The van der Waals surface area contributed by atoms with E-state index in [2.05, 4.69) is 48.5 Å². The van der Waals surface area contributed by atoms with Crippen molar-refractivity contribution in [1.82, 2.24) is 0 Å². The highest BCUT2D eigenvalue weighted by Crippen LogP contribution is 2.50. The molecule has 0 saturated heterocycles. The zero-order chi connectivity index (χ0) is 21.9. The Kier molecular flexibility index (Phi) is 7.38. The lowest BCUT2D eigenvalue weighted by molar-refractivity contribution is 0.0498. The number of ether oxygens (including phenoxy) is 2. The van der Waals surface area contributed by atoms with Crippen molar-refractivity contribution in [2.45, 2.75) is 45.4 Å². The first kappa shape index (κ1) is 23.0. The third-order valence-corrected chi connectivity index (χ3v) is 7.59. The average molecular weight is 491 g/mol. The molecule has 3 aromatic rings. The topological polar surface area (TPSA) is 18.5 Å².